The van der Waals surface area contributed by atoms with Crippen molar-refractivity contribution < 1.29 is 13.6 Å². The Balaban J connectivity index is 1.57. The highest BCUT2D eigenvalue weighted by Gasteiger charge is 2.20. The van der Waals surface area contributed by atoms with Crippen LogP contribution in [0.2, 0.25) is 0 Å². The number of H-pyrrole nitrogens is 1. The quantitative estimate of drug-likeness (QED) is 0.437. The van der Waals surface area contributed by atoms with Gasteiger partial charge in [0.25, 0.3) is 5.91 Å². The second-order valence-corrected chi connectivity index (χ2v) is 7.18. The summed E-state index contributed by atoms with van der Waals surface area (Å²) >= 11 is 0. The summed E-state index contributed by atoms with van der Waals surface area (Å²) < 4.78 is 27.0. The molecule has 1 aliphatic carbocycles. The SMILES string of the molecule is N#Cc1cccc(C(=O)/N=C(\Nc2cc(-c3cc(F)cc(F)c3)n[nH]2)NC2CCC2)c1. The van der Waals surface area contributed by atoms with Gasteiger partial charge in [-0.2, -0.15) is 15.4 Å². The molecule has 4 rings (SSSR count). The van der Waals surface area contributed by atoms with Crippen molar-refractivity contribution in [2.75, 3.05) is 5.32 Å². The highest BCUT2D eigenvalue weighted by Crippen LogP contribution is 2.22. The molecule has 1 saturated carbocycles. The molecule has 0 bridgehead atoms. The van der Waals surface area contributed by atoms with Crippen LogP contribution in [-0.2, 0) is 0 Å². The molecule has 0 saturated heterocycles. The van der Waals surface area contributed by atoms with Crippen molar-refractivity contribution in [3.05, 3.63) is 71.3 Å². The van der Waals surface area contributed by atoms with Gasteiger partial charge >= 0.3 is 0 Å². The minimum absolute atomic E-state index is 0.184. The van der Waals surface area contributed by atoms with Crippen LogP contribution in [0.5, 0.6) is 0 Å². The number of aromatic amines is 1. The van der Waals surface area contributed by atoms with E-state index in [-0.39, 0.29) is 23.1 Å². The van der Waals surface area contributed by atoms with Gasteiger partial charge in [0.2, 0.25) is 5.96 Å². The molecule has 2 aromatic carbocycles. The van der Waals surface area contributed by atoms with Gasteiger partial charge in [-0.05, 0) is 49.6 Å². The number of carbonyl (C=O) groups excluding carboxylic acids is 1. The Kier molecular flexibility index (Phi) is 5.71. The number of guanidine groups is 1. The lowest BCUT2D eigenvalue weighted by Gasteiger charge is -2.28. The number of anilines is 1. The fraction of sp³-hybridized carbons (Fsp3) is 0.182. The number of halogens is 2. The predicted octanol–water partition coefficient (Wildman–Crippen LogP) is 3.98. The van der Waals surface area contributed by atoms with Crippen LogP contribution < -0.4 is 10.6 Å². The van der Waals surface area contributed by atoms with Crippen LogP contribution in [0.15, 0.2) is 53.5 Å². The Morgan fingerprint density at radius 1 is 1.16 bits per heavy atom. The zero-order chi connectivity index (χ0) is 21.8. The van der Waals surface area contributed by atoms with E-state index >= 15 is 0 Å². The molecule has 1 aliphatic rings. The second-order valence-electron chi connectivity index (χ2n) is 7.18. The molecular formula is C22H18F2N6O. The van der Waals surface area contributed by atoms with E-state index in [4.69, 9.17) is 5.26 Å². The van der Waals surface area contributed by atoms with E-state index in [2.05, 4.69) is 25.8 Å². The molecule has 0 aliphatic heterocycles. The molecule has 1 amide bonds. The molecule has 3 N–H and O–H groups in total. The lowest BCUT2D eigenvalue weighted by molar-refractivity contribution is 0.100. The van der Waals surface area contributed by atoms with E-state index in [1.165, 1.54) is 18.2 Å². The van der Waals surface area contributed by atoms with Gasteiger partial charge in [-0.15, -0.1) is 0 Å². The van der Waals surface area contributed by atoms with Crippen molar-refractivity contribution in [2.24, 2.45) is 4.99 Å². The van der Waals surface area contributed by atoms with Gasteiger partial charge in [-0.25, -0.2) is 8.78 Å². The number of hydrogen-bond acceptors (Lipinski definition) is 3. The molecule has 0 atom stereocenters. The number of nitrogens with zero attached hydrogens (tertiary/aromatic N) is 3. The van der Waals surface area contributed by atoms with Crippen LogP contribution >= 0.6 is 0 Å². The summed E-state index contributed by atoms with van der Waals surface area (Å²) in [6.07, 6.45) is 2.99. The zero-order valence-electron chi connectivity index (χ0n) is 16.3. The molecule has 1 aromatic heterocycles. The van der Waals surface area contributed by atoms with Gasteiger partial charge in [-0.1, -0.05) is 6.07 Å². The number of carbonyl (C=O) groups is 1. The van der Waals surface area contributed by atoms with Crippen molar-refractivity contribution in [3.8, 4) is 17.3 Å². The average molecular weight is 420 g/mol. The normalized spacial score (nSPS) is 13.9. The topological polar surface area (TPSA) is 106 Å². The van der Waals surface area contributed by atoms with Crippen molar-refractivity contribution in [2.45, 2.75) is 25.3 Å². The van der Waals surface area contributed by atoms with Crippen LogP contribution in [0.4, 0.5) is 14.6 Å². The largest absolute Gasteiger partial charge is 0.353 e. The molecule has 0 spiro atoms. The van der Waals surface area contributed by atoms with Crippen LogP contribution in [-0.4, -0.2) is 28.1 Å². The number of aliphatic imine (C=N–C) groups is 1. The van der Waals surface area contributed by atoms with Gasteiger partial charge in [0.05, 0.1) is 17.3 Å². The number of aromatic nitrogens is 2. The Bertz CT molecular complexity index is 1170. The van der Waals surface area contributed by atoms with Gasteiger partial charge in [0.1, 0.15) is 17.5 Å². The highest BCUT2D eigenvalue weighted by molar-refractivity contribution is 6.06. The van der Waals surface area contributed by atoms with E-state index in [9.17, 15) is 13.6 Å². The van der Waals surface area contributed by atoms with E-state index in [0.29, 0.717) is 17.1 Å². The number of nitrogens with one attached hydrogen (secondary N) is 3. The van der Waals surface area contributed by atoms with Gasteiger partial charge in [-0.3, -0.25) is 9.89 Å². The number of hydrogen-bond donors (Lipinski definition) is 3. The molecule has 156 valence electrons. The third-order valence-corrected chi connectivity index (χ3v) is 4.89. The molecule has 0 radical (unpaired) electrons. The summed E-state index contributed by atoms with van der Waals surface area (Å²) in [5.74, 6) is -1.31. The average Bonchev–Trinajstić information content (AvgIpc) is 3.18. The molecule has 1 fully saturated rings. The van der Waals surface area contributed by atoms with Gasteiger partial charge < -0.3 is 10.6 Å². The van der Waals surface area contributed by atoms with Gasteiger partial charge in [0.15, 0.2) is 0 Å². The van der Waals surface area contributed by atoms with Crippen LogP contribution in [0.3, 0.4) is 0 Å². The summed E-state index contributed by atoms with van der Waals surface area (Å²) in [7, 11) is 0. The third kappa shape index (κ3) is 4.93. The minimum Gasteiger partial charge on any atom is -0.353 e. The zero-order valence-corrected chi connectivity index (χ0v) is 16.3. The lowest BCUT2D eigenvalue weighted by atomic mass is 9.93. The molecule has 9 heteroatoms. The summed E-state index contributed by atoms with van der Waals surface area (Å²) in [6, 6.07) is 13.2. The first-order valence-electron chi connectivity index (χ1n) is 9.69. The standard InChI is InChI=1S/C22H18F2N6O/c23-16-8-15(9-17(24)10-16)19-11-20(30-29-19)27-22(26-18-5-2-6-18)28-21(31)14-4-1-3-13(7-14)12-25/h1,3-4,7-11,18H,2,5-6H2,(H3,26,27,28,29,30,31). The Hall–Kier alpha value is -4.06. The first-order chi connectivity index (χ1) is 15.0. The Morgan fingerprint density at radius 2 is 1.94 bits per heavy atom. The highest BCUT2D eigenvalue weighted by atomic mass is 19.1. The number of rotatable bonds is 4. The number of nitriles is 1. The summed E-state index contributed by atoms with van der Waals surface area (Å²) in [6.45, 7) is 0. The first kappa shape index (κ1) is 20.2. The van der Waals surface area contributed by atoms with Crippen molar-refractivity contribution in [1.82, 2.24) is 15.5 Å². The molecule has 31 heavy (non-hydrogen) atoms. The molecule has 3 aromatic rings. The van der Waals surface area contributed by atoms with Crippen molar-refractivity contribution >= 4 is 17.7 Å². The van der Waals surface area contributed by atoms with E-state index in [1.54, 1.807) is 24.3 Å². The first-order valence-corrected chi connectivity index (χ1v) is 9.69. The van der Waals surface area contributed by atoms with Crippen molar-refractivity contribution in [3.63, 3.8) is 0 Å². The second kappa shape index (κ2) is 8.75. The predicted molar refractivity (Wildman–Crippen MR) is 111 cm³/mol. The summed E-state index contributed by atoms with van der Waals surface area (Å²) in [5.41, 5.74) is 1.26. The van der Waals surface area contributed by atoms with Gasteiger partial charge in [0, 0.05) is 29.3 Å². The van der Waals surface area contributed by atoms with Crippen LogP contribution in [0.1, 0.15) is 35.2 Å². The number of amides is 1. The number of benzene rings is 2. The lowest BCUT2D eigenvalue weighted by Crippen LogP contribution is -2.43. The molecular weight excluding hydrogens is 402 g/mol. The maximum atomic E-state index is 13.5. The van der Waals surface area contributed by atoms with Crippen LogP contribution in [0, 0.1) is 23.0 Å². The van der Waals surface area contributed by atoms with Crippen molar-refractivity contribution in [1.29, 1.82) is 5.26 Å². The molecule has 7 nitrogen and oxygen atoms in total. The van der Waals surface area contributed by atoms with E-state index in [1.807, 2.05) is 6.07 Å². The molecule has 0 unspecified atom stereocenters. The summed E-state index contributed by atoms with van der Waals surface area (Å²) in [5, 5.41) is 22.0. The smallest absolute Gasteiger partial charge is 0.280 e. The summed E-state index contributed by atoms with van der Waals surface area (Å²) in [4.78, 5) is 16.7. The van der Waals surface area contributed by atoms with Crippen LogP contribution in [0.25, 0.3) is 11.3 Å². The third-order valence-electron chi connectivity index (χ3n) is 4.89. The van der Waals surface area contributed by atoms with E-state index < -0.39 is 17.5 Å². The fourth-order valence-electron chi connectivity index (χ4n) is 3.09. The fourth-order valence-corrected chi connectivity index (χ4v) is 3.09. The molecule has 1 heterocycles. The maximum Gasteiger partial charge on any atom is 0.280 e. The maximum absolute atomic E-state index is 13.5. The Morgan fingerprint density at radius 3 is 2.61 bits per heavy atom. The van der Waals surface area contributed by atoms with E-state index in [0.717, 1.165) is 25.3 Å². The minimum atomic E-state index is -0.702. The Labute approximate surface area is 176 Å². The monoisotopic (exact) mass is 420 g/mol.